The summed E-state index contributed by atoms with van der Waals surface area (Å²) >= 11 is 0. The lowest BCUT2D eigenvalue weighted by Gasteiger charge is -1.99. The van der Waals surface area contributed by atoms with E-state index in [4.69, 9.17) is 5.26 Å². The van der Waals surface area contributed by atoms with E-state index >= 15 is 0 Å². The molecule has 19 heavy (non-hydrogen) atoms. The maximum absolute atomic E-state index is 8.97. The van der Waals surface area contributed by atoms with Crippen LogP contribution >= 0.6 is 0 Å². The van der Waals surface area contributed by atoms with Crippen molar-refractivity contribution in [2.75, 3.05) is 0 Å². The van der Waals surface area contributed by atoms with Gasteiger partial charge in [-0.15, -0.1) is 0 Å². The first-order chi connectivity index (χ1) is 9.19. The van der Waals surface area contributed by atoms with Gasteiger partial charge in [-0.05, 0) is 25.1 Å². The van der Waals surface area contributed by atoms with E-state index in [0.29, 0.717) is 5.56 Å². The molecule has 2 heterocycles. The number of hydrogen-bond donors (Lipinski definition) is 0. The van der Waals surface area contributed by atoms with Crippen molar-refractivity contribution in [3.63, 3.8) is 0 Å². The predicted molar refractivity (Wildman–Crippen MR) is 73.4 cm³/mol. The second-order valence-corrected chi connectivity index (χ2v) is 4.49. The van der Waals surface area contributed by atoms with E-state index in [9.17, 15) is 0 Å². The third-order valence-electron chi connectivity index (χ3n) is 3.17. The number of nitriles is 1. The zero-order chi connectivity index (χ0) is 13.4. The normalized spacial score (nSPS) is 10.6. The second kappa shape index (κ2) is 4.21. The highest BCUT2D eigenvalue weighted by Crippen LogP contribution is 2.29. The van der Waals surface area contributed by atoms with Gasteiger partial charge >= 0.3 is 0 Å². The summed E-state index contributed by atoms with van der Waals surface area (Å²) in [4.78, 5) is 8.58. The van der Waals surface area contributed by atoms with Crippen molar-refractivity contribution in [2.24, 2.45) is 7.05 Å². The Morgan fingerprint density at radius 3 is 2.84 bits per heavy atom. The van der Waals surface area contributed by atoms with Gasteiger partial charge in [-0.1, -0.05) is 6.07 Å². The first-order valence-corrected chi connectivity index (χ1v) is 5.98. The van der Waals surface area contributed by atoms with Crippen LogP contribution in [0.2, 0.25) is 0 Å². The molecule has 1 aromatic carbocycles. The fourth-order valence-corrected chi connectivity index (χ4v) is 2.26. The quantitative estimate of drug-likeness (QED) is 0.665. The molecule has 0 aliphatic heterocycles. The zero-order valence-electron chi connectivity index (χ0n) is 10.8. The molecule has 0 aliphatic rings. The number of nitrogens with zero attached hydrogens (tertiary/aromatic N) is 4. The molecule has 0 radical (unpaired) electrons. The second-order valence-electron chi connectivity index (χ2n) is 4.49. The smallest absolute Gasteiger partial charge is 0.125 e. The van der Waals surface area contributed by atoms with Gasteiger partial charge in [-0.2, -0.15) is 5.26 Å². The molecular formula is C15H12N4. The number of hydrogen-bond acceptors (Lipinski definition) is 3. The van der Waals surface area contributed by atoms with Crippen LogP contribution in [0.1, 0.15) is 11.4 Å². The topological polar surface area (TPSA) is 54.5 Å². The Balaban J connectivity index is 2.29. The van der Waals surface area contributed by atoms with Crippen molar-refractivity contribution in [3.8, 4) is 17.3 Å². The van der Waals surface area contributed by atoms with Gasteiger partial charge in [0.1, 0.15) is 5.82 Å². The van der Waals surface area contributed by atoms with Gasteiger partial charge in [0.05, 0.1) is 17.3 Å². The Morgan fingerprint density at radius 1 is 1.26 bits per heavy atom. The van der Waals surface area contributed by atoms with Crippen LogP contribution in [0.25, 0.3) is 22.2 Å². The Kier molecular flexibility index (Phi) is 2.53. The van der Waals surface area contributed by atoms with Crippen molar-refractivity contribution in [1.82, 2.24) is 14.5 Å². The van der Waals surface area contributed by atoms with Gasteiger partial charge in [0.25, 0.3) is 0 Å². The van der Waals surface area contributed by atoms with Crippen molar-refractivity contribution in [3.05, 3.63) is 48.0 Å². The average Bonchev–Trinajstić information content (AvgIpc) is 2.76. The molecule has 0 unspecified atom stereocenters. The highest BCUT2D eigenvalue weighted by atomic mass is 14.9. The Hall–Kier alpha value is -2.67. The lowest BCUT2D eigenvalue weighted by atomic mass is 10.1. The molecule has 0 amide bonds. The van der Waals surface area contributed by atoms with Crippen molar-refractivity contribution in [1.29, 1.82) is 5.26 Å². The molecule has 0 bridgehead atoms. The third kappa shape index (κ3) is 1.85. The van der Waals surface area contributed by atoms with E-state index in [0.717, 1.165) is 28.0 Å². The minimum Gasteiger partial charge on any atom is -0.350 e. The van der Waals surface area contributed by atoms with Crippen molar-refractivity contribution in [2.45, 2.75) is 6.92 Å². The van der Waals surface area contributed by atoms with Crippen LogP contribution < -0.4 is 0 Å². The van der Waals surface area contributed by atoms with E-state index in [-0.39, 0.29) is 0 Å². The van der Waals surface area contributed by atoms with Gasteiger partial charge in [0.15, 0.2) is 0 Å². The number of aromatic nitrogens is 3. The molecule has 0 N–H and O–H groups in total. The monoisotopic (exact) mass is 248 g/mol. The van der Waals surface area contributed by atoms with E-state index in [2.05, 4.69) is 16.0 Å². The number of rotatable bonds is 1. The summed E-state index contributed by atoms with van der Waals surface area (Å²) in [5.74, 6) is 0.753. The highest BCUT2D eigenvalue weighted by Gasteiger charge is 2.10. The molecule has 92 valence electrons. The molecule has 3 aromatic rings. The van der Waals surface area contributed by atoms with Gasteiger partial charge in [0, 0.05) is 35.9 Å². The number of fused-ring (bicyclic) bond motifs is 1. The minimum absolute atomic E-state index is 0.666. The van der Waals surface area contributed by atoms with Crippen LogP contribution in [0.15, 0.2) is 36.7 Å². The summed E-state index contributed by atoms with van der Waals surface area (Å²) in [5.41, 5.74) is 3.67. The summed E-state index contributed by atoms with van der Waals surface area (Å²) in [5, 5.41) is 10.1. The Bertz CT molecular complexity index is 809. The van der Waals surface area contributed by atoms with E-state index in [1.54, 1.807) is 6.20 Å². The molecule has 0 fully saturated rings. The zero-order valence-corrected chi connectivity index (χ0v) is 10.8. The summed E-state index contributed by atoms with van der Waals surface area (Å²) in [6.07, 6.45) is 3.80. The third-order valence-corrected chi connectivity index (χ3v) is 3.17. The van der Waals surface area contributed by atoms with Crippen LogP contribution in [0, 0.1) is 18.3 Å². The largest absolute Gasteiger partial charge is 0.350 e. The molecular weight excluding hydrogens is 236 g/mol. The van der Waals surface area contributed by atoms with Crippen molar-refractivity contribution >= 4 is 10.9 Å². The van der Waals surface area contributed by atoms with Crippen LogP contribution in [0.4, 0.5) is 0 Å². The lowest BCUT2D eigenvalue weighted by Crippen LogP contribution is -1.89. The van der Waals surface area contributed by atoms with Crippen LogP contribution in [0.3, 0.4) is 0 Å². The summed E-state index contributed by atoms with van der Waals surface area (Å²) in [6.45, 7) is 1.88. The maximum Gasteiger partial charge on any atom is 0.125 e. The molecule has 3 rings (SSSR count). The van der Waals surface area contributed by atoms with E-state index in [1.165, 1.54) is 0 Å². The van der Waals surface area contributed by atoms with E-state index < -0.39 is 0 Å². The molecule has 0 atom stereocenters. The molecule has 0 saturated heterocycles. The molecule has 4 heteroatoms. The van der Waals surface area contributed by atoms with Crippen LogP contribution in [-0.4, -0.2) is 14.5 Å². The standard InChI is InChI=1S/C15H12N4/c1-10-17-6-5-14(18-10)13-9-19(2)15-7-11(8-16)3-4-12(13)15/h3-7,9H,1-2H3. The predicted octanol–water partition coefficient (Wildman–Crippen LogP) is 2.82. The summed E-state index contributed by atoms with van der Waals surface area (Å²) in [7, 11) is 1.97. The Labute approximate surface area is 111 Å². The first-order valence-electron chi connectivity index (χ1n) is 5.98. The average molecular weight is 248 g/mol. The molecule has 2 aromatic heterocycles. The number of benzene rings is 1. The maximum atomic E-state index is 8.97. The molecule has 0 saturated carbocycles. The van der Waals surface area contributed by atoms with Gasteiger partial charge in [0.2, 0.25) is 0 Å². The first kappa shape index (κ1) is 11.4. The van der Waals surface area contributed by atoms with E-state index in [1.807, 2.05) is 49.0 Å². The van der Waals surface area contributed by atoms with Crippen molar-refractivity contribution < 1.29 is 0 Å². The Morgan fingerprint density at radius 2 is 2.11 bits per heavy atom. The van der Waals surface area contributed by atoms with Gasteiger partial charge in [-0.3, -0.25) is 0 Å². The summed E-state index contributed by atoms with van der Waals surface area (Å²) in [6, 6.07) is 9.77. The summed E-state index contributed by atoms with van der Waals surface area (Å²) < 4.78 is 2.02. The lowest BCUT2D eigenvalue weighted by molar-refractivity contribution is 0.968. The van der Waals surface area contributed by atoms with Crippen LogP contribution in [0.5, 0.6) is 0 Å². The fourth-order valence-electron chi connectivity index (χ4n) is 2.26. The SMILES string of the molecule is Cc1nccc(-c2cn(C)c3cc(C#N)ccc23)n1. The van der Waals surface area contributed by atoms with Gasteiger partial charge in [-0.25, -0.2) is 9.97 Å². The minimum atomic E-state index is 0.666. The molecule has 4 nitrogen and oxygen atoms in total. The highest BCUT2D eigenvalue weighted by molar-refractivity contribution is 5.95. The molecule has 0 aliphatic carbocycles. The van der Waals surface area contributed by atoms with Gasteiger partial charge < -0.3 is 4.57 Å². The van der Waals surface area contributed by atoms with Crippen LogP contribution in [-0.2, 0) is 7.05 Å². The molecule has 0 spiro atoms. The number of aryl methyl sites for hydroxylation is 2. The fraction of sp³-hybridized carbons (Fsp3) is 0.133.